The second kappa shape index (κ2) is 10.0. The fraction of sp³-hybridized carbons (Fsp3) is 0.714. The first-order valence-corrected chi connectivity index (χ1v) is 13.3. The molecule has 0 amide bonds. The molecule has 3 saturated heterocycles. The Balaban J connectivity index is 1.56. The molecule has 1 unspecified atom stereocenters. The van der Waals surface area contributed by atoms with Gasteiger partial charge in [-0.1, -0.05) is 65.1 Å². The molecule has 0 N–H and O–H groups in total. The van der Waals surface area contributed by atoms with E-state index in [2.05, 4.69) is 0 Å². The first-order chi connectivity index (χ1) is 15.7. The van der Waals surface area contributed by atoms with Crippen LogP contribution in [0.3, 0.4) is 0 Å². The van der Waals surface area contributed by atoms with Crippen LogP contribution in [0.15, 0.2) is 30.3 Å². The molecule has 192 valence electrons. The van der Waals surface area contributed by atoms with Crippen LogP contribution in [0, 0.1) is 0 Å². The lowest BCUT2D eigenvalue weighted by molar-refractivity contribution is -0.231. The Morgan fingerprint density at radius 2 is 1.71 bits per heavy atom. The Bertz CT molecular complexity index is 895. The van der Waals surface area contributed by atoms with E-state index in [9.17, 15) is 4.57 Å². The predicted molar refractivity (Wildman–Crippen MR) is 124 cm³/mol. The standard InChI is InChI=1S/C21H28Cl3O9P/c1-19(2)26-11-14(30-19)15-16(17-18(29-15)32-20(3,4)31-17)33-34(25,28-12-21(22,23)24)27-10-13-8-6-5-7-9-13/h5-9,14-18H,10-12H2,1-4H3/t14-,15-,16+,17-,18-,34?/m1/s1. The lowest BCUT2D eigenvalue weighted by Crippen LogP contribution is -2.44. The van der Waals surface area contributed by atoms with Crippen LogP contribution in [-0.4, -0.2) is 59.3 Å². The summed E-state index contributed by atoms with van der Waals surface area (Å²) in [5, 5.41) is 0. The van der Waals surface area contributed by atoms with Crippen molar-refractivity contribution in [2.45, 2.75) is 80.4 Å². The molecular formula is C21H28Cl3O9P. The number of hydrogen-bond donors (Lipinski definition) is 0. The zero-order valence-electron chi connectivity index (χ0n) is 19.2. The minimum absolute atomic E-state index is 0.0662. The Morgan fingerprint density at radius 1 is 1.00 bits per heavy atom. The summed E-state index contributed by atoms with van der Waals surface area (Å²) in [6.07, 6.45) is -3.77. The van der Waals surface area contributed by atoms with E-state index in [4.69, 9.17) is 72.1 Å². The summed E-state index contributed by atoms with van der Waals surface area (Å²) in [5.41, 5.74) is 0.747. The molecule has 0 aromatic heterocycles. The fourth-order valence-corrected chi connectivity index (χ4v) is 5.71. The van der Waals surface area contributed by atoms with Gasteiger partial charge < -0.3 is 23.7 Å². The van der Waals surface area contributed by atoms with Gasteiger partial charge in [0.25, 0.3) is 0 Å². The number of halogens is 3. The van der Waals surface area contributed by atoms with E-state index >= 15 is 0 Å². The van der Waals surface area contributed by atoms with Gasteiger partial charge in [0.05, 0.1) is 13.2 Å². The van der Waals surface area contributed by atoms with Gasteiger partial charge >= 0.3 is 7.82 Å². The fourth-order valence-electron chi connectivity index (χ4n) is 3.93. The van der Waals surface area contributed by atoms with Gasteiger partial charge in [-0.15, -0.1) is 0 Å². The molecule has 1 aromatic rings. The summed E-state index contributed by atoms with van der Waals surface area (Å²) in [7, 11) is -4.30. The summed E-state index contributed by atoms with van der Waals surface area (Å²) >= 11 is 17.5. The molecule has 0 spiro atoms. The Hall–Kier alpha value is -0.0000000000000000763. The highest BCUT2D eigenvalue weighted by molar-refractivity contribution is 7.48. The lowest BCUT2D eigenvalue weighted by Gasteiger charge is -2.31. The van der Waals surface area contributed by atoms with E-state index < -0.39 is 60.5 Å². The zero-order chi connectivity index (χ0) is 24.8. The van der Waals surface area contributed by atoms with Gasteiger partial charge in [0.15, 0.2) is 17.9 Å². The third-order valence-corrected chi connectivity index (χ3v) is 7.01. The lowest BCUT2D eigenvalue weighted by atomic mass is 10.1. The highest BCUT2D eigenvalue weighted by Crippen LogP contribution is 2.56. The van der Waals surface area contributed by atoms with E-state index in [1.165, 1.54) is 0 Å². The van der Waals surface area contributed by atoms with E-state index in [-0.39, 0.29) is 13.2 Å². The van der Waals surface area contributed by atoms with Crippen LogP contribution in [-0.2, 0) is 48.4 Å². The van der Waals surface area contributed by atoms with Crippen LogP contribution in [0.5, 0.6) is 0 Å². The van der Waals surface area contributed by atoms with Crippen molar-refractivity contribution in [3.05, 3.63) is 35.9 Å². The second-order valence-electron chi connectivity index (χ2n) is 9.10. The molecule has 34 heavy (non-hydrogen) atoms. The monoisotopic (exact) mass is 560 g/mol. The van der Waals surface area contributed by atoms with Crippen molar-refractivity contribution < 1.29 is 41.8 Å². The minimum Gasteiger partial charge on any atom is -0.348 e. The van der Waals surface area contributed by atoms with E-state index in [1.807, 2.05) is 18.2 Å². The van der Waals surface area contributed by atoms with Gasteiger partial charge in [-0.25, -0.2) is 4.57 Å². The van der Waals surface area contributed by atoms with Crippen LogP contribution in [0.25, 0.3) is 0 Å². The van der Waals surface area contributed by atoms with Crippen molar-refractivity contribution in [2.75, 3.05) is 13.2 Å². The number of rotatable bonds is 8. The maximum absolute atomic E-state index is 13.8. The van der Waals surface area contributed by atoms with Crippen molar-refractivity contribution in [3.8, 4) is 0 Å². The van der Waals surface area contributed by atoms with Crippen LogP contribution in [0.1, 0.15) is 33.3 Å². The normalized spacial score (nSPS) is 34.1. The van der Waals surface area contributed by atoms with Gasteiger partial charge in [0.2, 0.25) is 3.79 Å². The van der Waals surface area contributed by atoms with E-state index in [0.29, 0.717) is 0 Å². The molecule has 4 rings (SSSR count). The molecule has 6 atom stereocenters. The Morgan fingerprint density at radius 3 is 2.32 bits per heavy atom. The molecular weight excluding hydrogens is 534 g/mol. The van der Waals surface area contributed by atoms with Gasteiger partial charge in [0, 0.05) is 0 Å². The second-order valence-corrected chi connectivity index (χ2v) is 13.2. The quantitative estimate of drug-likeness (QED) is 0.317. The molecule has 3 aliphatic rings. The number of ether oxygens (including phenoxy) is 5. The molecule has 0 bridgehead atoms. The van der Waals surface area contributed by atoms with Crippen LogP contribution >= 0.6 is 42.6 Å². The summed E-state index contributed by atoms with van der Waals surface area (Å²) in [5.74, 6) is -1.77. The largest absolute Gasteiger partial charge is 0.475 e. The highest BCUT2D eigenvalue weighted by atomic mass is 35.6. The van der Waals surface area contributed by atoms with Gasteiger partial charge in [-0.05, 0) is 33.3 Å². The first-order valence-electron chi connectivity index (χ1n) is 10.8. The molecule has 3 aliphatic heterocycles. The average Bonchev–Trinajstić information content (AvgIpc) is 3.35. The summed E-state index contributed by atoms with van der Waals surface area (Å²) in [6, 6.07) is 9.11. The number of fused-ring (bicyclic) bond motifs is 1. The third kappa shape index (κ3) is 6.85. The molecule has 0 radical (unpaired) electrons. The van der Waals surface area contributed by atoms with Crippen molar-refractivity contribution in [1.82, 2.24) is 0 Å². The average molecular weight is 562 g/mol. The molecule has 1 aromatic carbocycles. The maximum atomic E-state index is 13.8. The molecule has 9 nitrogen and oxygen atoms in total. The van der Waals surface area contributed by atoms with Gasteiger partial charge in [0.1, 0.15) is 31.0 Å². The van der Waals surface area contributed by atoms with E-state index in [0.717, 1.165) is 5.56 Å². The Kier molecular flexibility index (Phi) is 7.99. The molecule has 0 aliphatic carbocycles. The highest BCUT2D eigenvalue weighted by Gasteiger charge is 2.60. The molecule has 3 fully saturated rings. The molecule has 13 heteroatoms. The molecule has 3 heterocycles. The molecule has 0 saturated carbocycles. The SMILES string of the molecule is CC1(C)O[C@H]2O[C@H]([C@H]3COC(C)(C)O3)[C@H](OP(=O)(OCc3ccccc3)OCC(Cl)(Cl)Cl)[C@H]2O1. The van der Waals surface area contributed by atoms with Gasteiger partial charge in [-0.2, -0.15) is 0 Å². The third-order valence-electron chi connectivity index (χ3n) is 5.29. The maximum Gasteiger partial charge on any atom is 0.475 e. The predicted octanol–water partition coefficient (Wildman–Crippen LogP) is 5.11. The zero-order valence-corrected chi connectivity index (χ0v) is 22.3. The summed E-state index contributed by atoms with van der Waals surface area (Å²) in [6.45, 7) is 6.68. The smallest absolute Gasteiger partial charge is 0.348 e. The van der Waals surface area contributed by atoms with Crippen LogP contribution in [0.2, 0.25) is 0 Å². The van der Waals surface area contributed by atoms with Crippen molar-refractivity contribution in [1.29, 1.82) is 0 Å². The number of alkyl halides is 3. The van der Waals surface area contributed by atoms with Crippen molar-refractivity contribution in [3.63, 3.8) is 0 Å². The van der Waals surface area contributed by atoms with Crippen LogP contribution in [0.4, 0.5) is 0 Å². The topological polar surface area (TPSA) is 90.9 Å². The number of phosphoric ester groups is 1. The van der Waals surface area contributed by atoms with Crippen LogP contribution < -0.4 is 0 Å². The number of hydrogen-bond acceptors (Lipinski definition) is 9. The van der Waals surface area contributed by atoms with Gasteiger partial charge in [-0.3, -0.25) is 13.6 Å². The van der Waals surface area contributed by atoms with Crippen molar-refractivity contribution in [2.24, 2.45) is 0 Å². The first kappa shape index (κ1) is 27.0. The minimum atomic E-state index is -4.30. The number of phosphoric acid groups is 1. The van der Waals surface area contributed by atoms with E-state index in [1.54, 1.807) is 39.8 Å². The summed E-state index contributed by atoms with van der Waals surface area (Å²) in [4.78, 5) is 0. The van der Waals surface area contributed by atoms with Crippen molar-refractivity contribution >= 4 is 42.6 Å². The number of benzene rings is 1. The summed E-state index contributed by atoms with van der Waals surface area (Å²) < 4.78 is 58.5. The Labute approximate surface area is 213 Å².